The zero-order chi connectivity index (χ0) is 15.3. The SMILES string of the molecule is CC(C(=O)[C@H](O)[C@@H](O)[C@H](O)[C@H](O)CO)c1ccccc1. The van der Waals surface area contributed by atoms with Crippen LogP contribution in [0.2, 0.25) is 0 Å². The number of hydrogen-bond donors (Lipinski definition) is 5. The molecule has 1 unspecified atom stereocenters. The van der Waals surface area contributed by atoms with Crippen molar-refractivity contribution in [3.8, 4) is 0 Å². The summed E-state index contributed by atoms with van der Waals surface area (Å²) in [5.41, 5.74) is 0.668. The Bertz CT molecular complexity index is 421. The molecule has 0 bridgehead atoms. The monoisotopic (exact) mass is 284 g/mol. The summed E-state index contributed by atoms with van der Waals surface area (Å²) in [7, 11) is 0. The summed E-state index contributed by atoms with van der Waals surface area (Å²) < 4.78 is 0. The molecule has 112 valence electrons. The Hall–Kier alpha value is -1.31. The Morgan fingerprint density at radius 1 is 1.05 bits per heavy atom. The second-order valence-corrected chi connectivity index (χ2v) is 4.71. The van der Waals surface area contributed by atoms with Crippen LogP contribution in [0.5, 0.6) is 0 Å². The quantitative estimate of drug-likeness (QED) is 0.429. The fourth-order valence-corrected chi connectivity index (χ4v) is 1.85. The third-order valence-electron chi connectivity index (χ3n) is 3.27. The molecule has 0 aromatic heterocycles. The molecular weight excluding hydrogens is 264 g/mol. The standard InChI is InChI=1S/C14H20O6/c1-8(9-5-3-2-4-6-9)11(17)13(19)14(20)12(18)10(16)7-15/h2-6,8,10,12-16,18-20H,7H2,1H3/t8?,10-,12-,13+,14+/m1/s1. The zero-order valence-electron chi connectivity index (χ0n) is 11.1. The summed E-state index contributed by atoms with van der Waals surface area (Å²) in [5, 5.41) is 46.8. The molecule has 0 amide bonds. The lowest BCUT2D eigenvalue weighted by Crippen LogP contribution is -2.49. The van der Waals surface area contributed by atoms with Gasteiger partial charge in [-0.1, -0.05) is 37.3 Å². The van der Waals surface area contributed by atoms with E-state index in [4.69, 9.17) is 5.11 Å². The molecule has 5 atom stereocenters. The number of hydrogen-bond acceptors (Lipinski definition) is 6. The van der Waals surface area contributed by atoms with E-state index in [2.05, 4.69) is 0 Å². The topological polar surface area (TPSA) is 118 Å². The van der Waals surface area contributed by atoms with Crippen LogP contribution in [0, 0.1) is 0 Å². The maximum Gasteiger partial charge on any atom is 0.171 e. The van der Waals surface area contributed by atoms with Gasteiger partial charge in [0.2, 0.25) is 0 Å². The highest BCUT2D eigenvalue weighted by molar-refractivity contribution is 5.89. The average molecular weight is 284 g/mol. The van der Waals surface area contributed by atoms with Crippen LogP contribution in [0.15, 0.2) is 30.3 Å². The Balaban J connectivity index is 2.76. The van der Waals surface area contributed by atoms with Crippen LogP contribution in [-0.4, -0.2) is 62.3 Å². The molecule has 0 spiro atoms. The van der Waals surface area contributed by atoms with Crippen molar-refractivity contribution in [2.24, 2.45) is 0 Å². The van der Waals surface area contributed by atoms with Crippen LogP contribution in [0.25, 0.3) is 0 Å². The van der Waals surface area contributed by atoms with Gasteiger partial charge in [-0.25, -0.2) is 0 Å². The molecule has 1 aromatic carbocycles. The molecule has 0 radical (unpaired) electrons. The van der Waals surface area contributed by atoms with E-state index in [9.17, 15) is 25.2 Å². The first kappa shape index (κ1) is 16.7. The van der Waals surface area contributed by atoms with E-state index in [1.165, 1.54) is 0 Å². The maximum atomic E-state index is 12.0. The molecule has 1 aromatic rings. The Morgan fingerprint density at radius 3 is 2.10 bits per heavy atom. The van der Waals surface area contributed by atoms with E-state index in [1.54, 1.807) is 37.3 Å². The number of carbonyl (C=O) groups excluding carboxylic acids is 1. The van der Waals surface area contributed by atoms with Crippen LogP contribution in [0.4, 0.5) is 0 Å². The van der Waals surface area contributed by atoms with Crippen molar-refractivity contribution < 1.29 is 30.3 Å². The number of aliphatic hydroxyl groups excluding tert-OH is 5. The molecular formula is C14H20O6. The first-order valence-corrected chi connectivity index (χ1v) is 6.32. The van der Waals surface area contributed by atoms with Gasteiger partial charge in [0.05, 0.1) is 6.61 Å². The van der Waals surface area contributed by atoms with Crippen LogP contribution < -0.4 is 0 Å². The van der Waals surface area contributed by atoms with E-state index in [0.29, 0.717) is 5.56 Å². The fraction of sp³-hybridized carbons (Fsp3) is 0.500. The van der Waals surface area contributed by atoms with Gasteiger partial charge < -0.3 is 25.5 Å². The first-order valence-electron chi connectivity index (χ1n) is 6.32. The number of Topliss-reactive ketones (excluding diaryl/α,β-unsaturated/α-hetero) is 1. The van der Waals surface area contributed by atoms with Crippen LogP contribution in [-0.2, 0) is 4.79 Å². The van der Waals surface area contributed by atoms with Gasteiger partial charge in [0.1, 0.15) is 24.4 Å². The minimum absolute atomic E-state index is 0.667. The Morgan fingerprint density at radius 2 is 1.60 bits per heavy atom. The zero-order valence-corrected chi connectivity index (χ0v) is 11.1. The van der Waals surface area contributed by atoms with Gasteiger partial charge in [-0.3, -0.25) is 4.79 Å². The summed E-state index contributed by atoms with van der Waals surface area (Å²) in [6, 6.07) is 8.69. The minimum atomic E-state index is -1.86. The maximum absolute atomic E-state index is 12.0. The van der Waals surface area contributed by atoms with E-state index >= 15 is 0 Å². The molecule has 20 heavy (non-hydrogen) atoms. The number of rotatable bonds is 7. The predicted molar refractivity (Wildman–Crippen MR) is 71.0 cm³/mol. The van der Waals surface area contributed by atoms with Crippen molar-refractivity contribution in [2.45, 2.75) is 37.3 Å². The molecule has 0 heterocycles. The van der Waals surface area contributed by atoms with E-state index < -0.39 is 42.7 Å². The van der Waals surface area contributed by atoms with Gasteiger partial charge in [0.15, 0.2) is 5.78 Å². The summed E-state index contributed by atoms with van der Waals surface area (Å²) in [5.74, 6) is -1.34. The Kier molecular flexibility index (Phi) is 6.25. The molecule has 0 saturated heterocycles. The second-order valence-electron chi connectivity index (χ2n) is 4.71. The van der Waals surface area contributed by atoms with E-state index in [1.807, 2.05) is 0 Å². The number of ketones is 1. The van der Waals surface area contributed by atoms with Crippen molar-refractivity contribution in [2.75, 3.05) is 6.61 Å². The molecule has 0 aliphatic heterocycles. The fourth-order valence-electron chi connectivity index (χ4n) is 1.85. The third-order valence-corrected chi connectivity index (χ3v) is 3.27. The highest BCUT2D eigenvalue weighted by Crippen LogP contribution is 2.19. The smallest absolute Gasteiger partial charge is 0.171 e. The Labute approximate surface area is 116 Å². The normalized spacial score (nSPS) is 18.9. The van der Waals surface area contributed by atoms with Crippen molar-refractivity contribution >= 4 is 5.78 Å². The summed E-state index contributed by atoms with van der Waals surface area (Å²) >= 11 is 0. The van der Waals surface area contributed by atoms with Gasteiger partial charge in [0, 0.05) is 5.92 Å². The van der Waals surface area contributed by atoms with E-state index in [0.717, 1.165) is 0 Å². The molecule has 5 N–H and O–H groups in total. The minimum Gasteiger partial charge on any atom is -0.394 e. The van der Waals surface area contributed by atoms with Gasteiger partial charge in [0.25, 0.3) is 0 Å². The summed E-state index contributed by atoms with van der Waals surface area (Å²) in [4.78, 5) is 12.0. The van der Waals surface area contributed by atoms with Crippen LogP contribution >= 0.6 is 0 Å². The van der Waals surface area contributed by atoms with E-state index in [-0.39, 0.29) is 0 Å². The second kappa shape index (κ2) is 7.47. The lowest BCUT2D eigenvalue weighted by atomic mass is 9.89. The highest BCUT2D eigenvalue weighted by atomic mass is 16.4. The van der Waals surface area contributed by atoms with Gasteiger partial charge >= 0.3 is 0 Å². The summed E-state index contributed by atoms with van der Waals surface area (Å²) in [6.07, 6.45) is -7.14. The third kappa shape index (κ3) is 3.84. The van der Waals surface area contributed by atoms with Gasteiger partial charge in [-0.05, 0) is 5.56 Å². The van der Waals surface area contributed by atoms with Crippen molar-refractivity contribution in [1.82, 2.24) is 0 Å². The van der Waals surface area contributed by atoms with Crippen molar-refractivity contribution in [3.63, 3.8) is 0 Å². The van der Waals surface area contributed by atoms with Gasteiger partial charge in [-0.2, -0.15) is 0 Å². The molecule has 0 aliphatic rings. The average Bonchev–Trinajstić information content (AvgIpc) is 2.51. The van der Waals surface area contributed by atoms with Crippen molar-refractivity contribution in [3.05, 3.63) is 35.9 Å². The first-order chi connectivity index (χ1) is 9.40. The van der Waals surface area contributed by atoms with Gasteiger partial charge in [-0.15, -0.1) is 0 Å². The molecule has 6 nitrogen and oxygen atoms in total. The summed E-state index contributed by atoms with van der Waals surface area (Å²) in [6.45, 7) is 0.788. The van der Waals surface area contributed by atoms with Crippen LogP contribution in [0.1, 0.15) is 18.4 Å². The largest absolute Gasteiger partial charge is 0.394 e. The number of benzene rings is 1. The number of carbonyl (C=O) groups is 1. The van der Waals surface area contributed by atoms with Crippen molar-refractivity contribution in [1.29, 1.82) is 0 Å². The molecule has 0 fully saturated rings. The highest BCUT2D eigenvalue weighted by Gasteiger charge is 2.36. The van der Waals surface area contributed by atoms with Crippen LogP contribution in [0.3, 0.4) is 0 Å². The molecule has 1 rings (SSSR count). The molecule has 0 saturated carbocycles. The molecule has 6 heteroatoms. The number of aliphatic hydroxyl groups is 5. The lowest BCUT2D eigenvalue weighted by Gasteiger charge is -2.26. The lowest BCUT2D eigenvalue weighted by molar-refractivity contribution is -0.148. The predicted octanol–water partition coefficient (Wildman–Crippen LogP) is -1.20. The molecule has 0 aliphatic carbocycles.